The molecule has 1 aromatic rings. The fraction of sp³-hybridized carbons (Fsp3) is 0.625. The summed E-state index contributed by atoms with van der Waals surface area (Å²) in [6, 6.07) is 5.64. The molecule has 0 saturated carbocycles. The van der Waals surface area contributed by atoms with Crippen LogP contribution in [0.25, 0.3) is 0 Å². The van der Waals surface area contributed by atoms with Crippen LogP contribution >= 0.6 is 0 Å². The maximum Gasteiger partial charge on any atom is 0.131 e. The van der Waals surface area contributed by atoms with Crippen molar-refractivity contribution in [3.8, 4) is 0 Å². The first-order valence-electron chi connectivity index (χ1n) is 7.50. The van der Waals surface area contributed by atoms with Crippen molar-refractivity contribution in [1.82, 2.24) is 4.90 Å². The molecular weight excluding hydrogens is 255 g/mol. The SMILES string of the molecule is CCC(C)N1CCN(c2cccc(F)c2[C@@H](C)O)CC1. The highest BCUT2D eigenvalue weighted by Crippen LogP contribution is 2.29. The highest BCUT2D eigenvalue weighted by atomic mass is 19.1. The predicted octanol–water partition coefficient (Wildman–Crippen LogP) is 2.80. The molecule has 0 bridgehead atoms. The highest BCUT2D eigenvalue weighted by Gasteiger charge is 2.24. The minimum atomic E-state index is -0.779. The molecule has 0 spiro atoms. The van der Waals surface area contributed by atoms with Gasteiger partial charge in [-0.05, 0) is 32.4 Å². The molecule has 1 fully saturated rings. The van der Waals surface area contributed by atoms with E-state index in [1.54, 1.807) is 13.0 Å². The standard InChI is InChI=1S/C16H25FN2O/c1-4-12(2)18-8-10-19(11-9-18)15-7-5-6-14(17)16(15)13(3)20/h5-7,12-13,20H,4,8-11H2,1-3H3/t12?,13-/m1/s1. The van der Waals surface area contributed by atoms with Gasteiger partial charge in [0, 0.05) is 43.5 Å². The molecule has 0 radical (unpaired) electrons. The molecule has 2 atom stereocenters. The quantitative estimate of drug-likeness (QED) is 0.918. The first-order valence-corrected chi connectivity index (χ1v) is 7.50. The van der Waals surface area contributed by atoms with Crippen LogP contribution in [0.2, 0.25) is 0 Å². The zero-order valence-electron chi connectivity index (χ0n) is 12.6. The Morgan fingerprint density at radius 2 is 1.85 bits per heavy atom. The van der Waals surface area contributed by atoms with Crippen molar-refractivity contribution in [3.05, 3.63) is 29.6 Å². The van der Waals surface area contributed by atoms with E-state index in [0.717, 1.165) is 38.3 Å². The maximum absolute atomic E-state index is 13.9. The van der Waals surface area contributed by atoms with Crippen LogP contribution in [0.1, 0.15) is 38.9 Å². The molecule has 3 nitrogen and oxygen atoms in total. The lowest BCUT2D eigenvalue weighted by Gasteiger charge is -2.39. The summed E-state index contributed by atoms with van der Waals surface area (Å²) < 4.78 is 13.9. The summed E-state index contributed by atoms with van der Waals surface area (Å²) in [7, 11) is 0. The molecule has 1 aromatic carbocycles. The van der Waals surface area contributed by atoms with E-state index in [-0.39, 0.29) is 5.82 Å². The van der Waals surface area contributed by atoms with Crippen LogP contribution in [-0.2, 0) is 0 Å². The summed E-state index contributed by atoms with van der Waals surface area (Å²) in [5.41, 5.74) is 1.26. The normalized spacial score (nSPS) is 19.9. The molecule has 0 aliphatic carbocycles. The Labute approximate surface area is 121 Å². The van der Waals surface area contributed by atoms with E-state index >= 15 is 0 Å². The lowest BCUT2D eigenvalue weighted by Crippen LogP contribution is -2.49. The molecular formula is C16H25FN2O. The van der Waals surface area contributed by atoms with Crippen molar-refractivity contribution in [3.63, 3.8) is 0 Å². The van der Waals surface area contributed by atoms with Crippen LogP contribution in [0.3, 0.4) is 0 Å². The van der Waals surface area contributed by atoms with Crippen LogP contribution in [0.15, 0.2) is 18.2 Å². The second-order valence-electron chi connectivity index (χ2n) is 5.63. The van der Waals surface area contributed by atoms with E-state index < -0.39 is 6.10 Å². The van der Waals surface area contributed by atoms with Crippen molar-refractivity contribution in [1.29, 1.82) is 0 Å². The molecule has 1 N–H and O–H groups in total. The molecule has 0 amide bonds. The second-order valence-corrected chi connectivity index (χ2v) is 5.63. The summed E-state index contributed by atoms with van der Waals surface area (Å²) in [6.45, 7) is 9.82. The van der Waals surface area contributed by atoms with Gasteiger partial charge in [0.05, 0.1) is 6.10 Å². The number of hydrogen-bond donors (Lipinski definition) is 1. The molecule has 1 unspecified atom stereocenters. The van der Waals surface area contributed by atoms with Crippen LogP contribution in [-0.4, -0.2) is 42.2 Å². The number of piperazine rings is 1. The number of halogens is 1. The van der Waals surface area contributed by atoms with Crippen LogP contribution < -0.4 is 4.90 Å². The van der Waals surface area contributed by atoms with Gasteiger partial charge in [-0.25, -0.2) is 4.39 Å². The second kappa shape index (κ2) is 6.55. The lowest BCUT2D eigenvalue weighted by atomic mass is 10.1. The van der Waals surface area contributed by atoms with Crippen molar-refractivity contribution >= 4 is 5.69 Å². The third-order valence-corrected chi connectivity index (χ3v) is 4.32. The zero-order chi connectivity index (χ0) is 14.7. The van der Waals surface area contributed by atoms with Gasteiger partial charge in [-0.2, -0.15) is 0 Å². The minimum Gasteiger partial charge on any atom is -0.389 e. The Hall–Kier alpha value is -1.13. The lowest BCUT2D eigenvalue weighted by molar-refractivity contribution is 0.187. The third kappa shape index (κ3) is 3.13. The average Bonchev–Trinajstić information content (AvgIpc) is 2.46. The van der Waals surface area contributed by atoms with E-state index in [0.29, 0.717) is 11.6 Å². The molecule has 4 heteroatoms. The number of aliphatic hydroxyl groups excluding tert-OH is 1. The number of anilines is 1. The number of nitrogens with zero attached hydrogens (tertiary/aromatic N) is 2. The smallest absolute Gasteiger partial charge is 0.131 e. The Balaban J connectivity index is 2.13. The summed E-state index contributed by atoms with van der Waals surface area (Å²) in [5, 5.41) is 9.82. The van der Waals surface area contributed by atoms with Crippen LogP contribution in [0, 0.1) is 5.82 Å². The Morgan fingerprint density at radius 1 is 1.20 bits per heavy atom. The minimum absolute atomic E-state index is 0.318. The van der Waals surface area contributed by atoms with E-state index in [1.165, 1.54) is 6.07 Å². The van der Waals surface area contributed by atoms with Gasteiger partial charge in [0.1, 0.15) is 5.82 Å². The highest BCUT2D eigenvalue weighted by molar-refractivity contribution is 5.55. The van der Waals surface area contributed by atoms with E-state index in [1.807, 2.05) is 6.07 Å². The first-order chi connectivity index (χ1) is 9.54. The summed E-state index contributed by atoms with van der Waals surface area (Å²) in [6.07, 6.45) is 0.373. The van der Waals surface area contributed by atoms with Gasteiger partial charge < -0.3 is 10.0 Å². The number of benzene rings is 1. The van der Waals surface area contributed by atoms with Gasteiger partial charge >= 0.3 is 0 Å². The van der Waals surface area contributed by atoms with Crippen molar-refractivity contribution in [2.75, 3.05) is 31.1 Å². The summed E-state index contributed by atoms with van der Waals surface area (Å²) in [5.74, 6) is -0.318. The number of rotatable bonds is 4. The van der Waals surface area contributed by atoms with Crippen molar-refractivity contribution < 1.29 is 9.50 Å². The molecule has 112 valence electrons. The molecule has 2 rings (SSSR count). The molecule has 20 heavy (non-hydrogen) atoms. The Bertz CT molecular complexity index is 442. The van der Waals surface area contributed by atoms with Crippen LogP contribution in [0.5, 0.6) is 0 Å². The number of hydrogen-bond acceptors (Lipinski definition) is 3. The van der Waals surface area contributed by atoms with E-state index in [2.05, 4.69) is 23.6 Å². The van der Waals surface area contributed by atoms with Crippen molar-refractivity contribution in [2.24, 2.45) is 0 Å². The Morgan fingerprint density at radius 3 is 2.40 bits per heavy atom. The van der Waals surface area contributed by atoms with Gasteiger partial charge in [0.2, 0.25) is 0 Å². The fourth-order valence-corrected chi connectivity index (χ4v) is 2.88. The third-order valence-electron chi connectivity index (χ3n) is 4.32. The zero-order valence-corrected chi connectivity index (χ0v) is 12.6. The first kappa shape index (κ1) is 15.3. The van der Waals surface area contributed by atoms with Gasteiger partial charge in [0.15, 0.2) is 0 Å². The van der Waals surface area contributed by atoms with Crippen molar-refractivity contribution in [2.45, 2.75) is 39.3 Å². The Kier molecular flexibility index (Phi) is 5.00. The van der Waals surface area contributed by atoms with Gasteiger partial charge in [-0.15, -0.1) is 0 Å². The maximum atomic E-state index is 13.9. The molecule has 0 aromatic heterocycles. The van der Waals surface area contributed by atoms with E-state index in [4.69, 9.17) is 0 Å². The topological polar surface area (TPSA) is 26.7 Å². The van der Waals surface area contributed by atoms with E-state index in [9.17, 15) is 9.50 Å². The largest absolute Gasteiger partial charge is 0.389 e. The van der Waals surface area contributed by atoms with Crippen LogP contribution in [0.4, 0.5) is 10.1 Å². The molecule has 1 aliphatic heterocycles. The van der Waals surface area contributed by atoms with Gasteiger partial charge in [0.25, 0.3) is 0 Å². The molecule has 1 saturated heterocycles. The van der Waals surface area contributed by atoms with Gasteiger partial charge in [-0.3, -0.25) is 4.90 Å². The predicted molar refractivity (Wildman–Crippen MR) is 80.6 cm³/mol. The molecule has 1 heterocycles. The summed E-state index contributed by atoms with van der Waals surface area (Å²) >= 11 is 0. The fourth-order valence-electron chi connectivity index (χ4n) is 2.88. The van der Waals surface area contributed by atoms with Gasteiger partial charge in [-0.1, -0.05) is 13.0 Å². The summed E-state index contributed by atoms with van der Waals surface area (Å²) in [4.78, 5) is 4.65. The molecule has 1 aliphatic rings. The monoisotopic (exact) mass is 280 g/mol. The number of aliphatic hydroxyl groups is 1. The average molecular weight is 280 g/mol.